The monoisotopic (exact) mass is 372 g/mol. The number of amides is 2. The molecular formula is C19H20N2O6. The van der Waals surface area contributed by atoms with E-state index in [9.17, 15) is 19.5 Å². The van der Waals surface area contributed by atoms with Crippen molar-refractivity contribution in [3.05, 3.63) is 47.5 Å². The van der Waals surface area contributed by atoms with Crippen LogP contribution in [0.15, 0.2) is 36.4 Å². The topological polar surface area (TPSA) is 114 Å². The standard InChI is InChI=1S/C19H20N2O6/c1-11-5-4-6-14(18(11)24)19(25)27-10-17(23)21-15-9-13(20-12(2)22)7-8-16(15)26-3/h4-9,24H,10H2,1-3H3,(H,20,22)(H,21,23). The lowest BCUT2D eigenvalue weighted by Crippen LogP contribution is -2.21. The second-order valence-corrected chi connectivity index (χ2v) is 5.69. The number of benzene rings is 2. The molecule has 2 amide bonds. The van der Waals surface area contributed by atoms with Crippen molar-refractivity contribution in [2.75, 3.05) is 24.4 Å². The number of phenols is 1. The van der Waals surface area contributed by atoms with Crippen molar-refractivity contribution in [2.24, 2.45) is 0 Å². The second-order valence-electron chi connectivity index (χ2n) is 5.69. The molecule has 0 spiro atoms. The Morgan fingerprint density at radius 1 is 1.11 bits per heavy atom. The Kier molecular flexibility index (Phi) is 6.37. The number of rotatable bonds is 6. The van der Waals surface area contributed by atoms with Crippen LogP contribution >= 0.6 is 0 Å². The summed E-state index contributed by atoms with van der Waals surface area (Å²) in [5.41, 5.74) is 1.28. The summed E-state index contributed by atoms with van der Waals surface area (Å²) in [4.78, 5) is 35.3. The van der Waals surface area contributed by atoms with Gasteiger partial charge >= 0.3 is 5.97 Å². The van der Waals surface area contributed by atoms with Gasteiger partial charge in [0, 0.05) is 12.6 Å². The summed E-state index contributed by atoms with van der Waals surface area (Å²) in [6.45, 7) is 2.45. The number of nitrogens with one attached hydrogen (secondary N) is 2. The van der Waals surface area contributed by atoms with Crippen LogP contribution in [0.1, 0.15) is 22.8 Å². The summed E-state index contributed by atoms with van der Waals surface area (Å²) in [6, 6.07) is 9.38. The highest BCUT2D eigenvalue weighted by Crippen LogP contribution is 2.28. The molecule has 0 fully saturated rings. The van der Waals surface area contributed by atoms with Gasteiger partial charge in [0.15, 0.2) is 6.61 Å². The van der Waals surface area contributed by atoms with Gasteiger partial charge in [-0.25, -0.2) is 4.79 Å². The fourth-order valence-corrected chi connectivity index (χ4v) is 2.31. The van der Waals surface area contributed by atoms with Crippen molar-refractivity contribution in [1.82, 2.24) is 0 Å². The fraction of sp³-hybridized carbons (Fsp3) is 0.211. The Morgan fingerprint density at radius 2 is 1.85 bits per heavy atom. The first-order valence-electron chi connectivity index (χ1n) is 8.03. The molecule has 8 nitrogen and oxygen atoms in total. The van der Waals surface area contributed by atoms with E-state index in [0.717, 1.165) is 0 Å². The average Bonchev–Trinajstić information content (AvgIpc) is 2.62. The number of esters is 1. The number of anilines is 2. The highest BCUT2D eigenvalue weighted by Gasteiger charge is 2.16. The Balaban J connectivity index is 2.04. The summed E-state index contributed by atoms with van der Waals surface area (Å²) in [5, 5.41) is 15.0. The molecule has 0 aliphatic heterocycles. The Labute approximate surface area is 156 Å². The largest absolute Gasteiger partial charge is 0.507 e. The van der Waals surface area contributed by atoms with Gasteiger partial charge in [-0.1, -0.05) is 12.1 Å². The van der Waals surface area contributed by atoms with Crippen molar-refractivity contribution in [1.29, 1.82) is 0 Å². The van der Waals surface area contributed by atoms with Gasteiger partial charge in [-0.2, -0.15) is 0 Å². The summed E-state index contributed by atoms with van der Waals surface area (Å²) < 4.78 is 10.1. The number of ether oxygens (including phenoxy) is 2. The van der Waals surface area contributed by atoms with Crippen LogP contribution in [0, 0.1) is 6.92 Å². The normalized spacial score (nSPS) is 10.0. The Hall–Kier alpha value is -3.55. The first-order chi connectivity index (χ1) is 12.8. The summed E-state index contributed by atoms with van der Waals surface area (Å²) in [5.74, 6) is -1.49. The van der Waals surface area contributed by atoms with Gasteiger partial charge in [0.1, 0.15) is 17.1 Å². The van der Waals surface area contributed by atoms with Crippen LogP contribution < -0.4 is 15.4 Å². The zero-order chi connectivity index (χ0) is 20.0. The molecule has 27 heavy (non-hydrogen) atoms. The van der Waals surface area contributed by atoms with E-state index < -0.39 is 18.5 Å². The minimum absolute atomic E-state index is 0.0203. The maximum Gasteiger partial charge on any atom is 0.342 e. The summed E-state index contributed by atoms with van der Waals surface area (Å²) in [7, 11) is 1.43. The van der Waals surface area contributed by atoms with E-state index in [0.29, 0.717) is 22.7 Å². The number of carbonyl (C=O) groups is 3. The molecule has 0 aliphatic rings. The fourth-order valence-electron chi connectivity index (χ4n) is 2.31. The van der Waals surface area contributed by atoms with Gasteiger partial charge in [0.2, 0.25) is 5.91 Å². The lowest BCUT2D eigenvalue weighted by atomic mass is 10.1. The number of aromatic hydroxyl groups is 1. The molecule has 0 saturated heterocycles. The third-order valence-electron chi connectivity index (χ3n) is 3.59. The van der Waals surface area contributed by atoms with Crippen LogP contribution in [0.2, 0.25) is 0 Å². The molecular weight excluding hydrogens is 352 g/mol. The van der Waals surface area contributed by atoms with Crippen molar-refractivity contribution < 1.29 is 29.0 Å². The first-order valence-corrected chi connectivity index (χ1v) is 8.03. The minimum atomic E-state index is -0.815. The predicted molar refractivity (Wildman–Crippen MR) is 99.1 cm³/mol. The molecule has 2 aromatic rings. The SMILES string of the molecule is COc1ccc(NC(C)=O)cc1NC(=O)COC(=O)c1cccc(C)c1O. The van der Waals surface area contributed by atoms with Gasteiger partial charge in [-0.3, -0.25) is 9.59 Å². The highest BCUT2D eigenvalue weighted by atomic mass is 16.5. The molecule has 0 bridgehead atoms. The smallest absolute Gasteiger partial charge is 0.342 e. The molecule has 0 atom stereocenters. The number of aryl methyl sites for hydroxylation is 1. The van der Waals surface area contributed by atoms with Crippen molar-refractivity contribution in [3.63, 3.8) is 0 Å². The first kappa shape index (κ1) is 19.8. The lowest BCUT2D eigenvalue weighted by Gasteiger charge is -2.13. The number of hydrogen-bond donors (Lipinski definition) is 3. The molecule has 2 rings (SSSR count). The second kappa shape index (κ2) is 8.70. The molecule has 0 aliphatic carbocycles. The third-order valence-corrected chi connectivity index (χ3v) is 3.59. The zero-order valence-corrected chi connectivity index (χ0v) is 15.2. The van der Waals surface area contributed by atoms with Crippen LogP contribution in [0.3, 0.4) is 0 Å². The lowest BCUT2D eigenvalue weighted by molar-refractivity contribution is -0.119. The van der Waals surface area contributed by atoms with Gasteiger partial charge in [-0.15, -0.1) is 0 Å². The van der Waals surface area contributed by atoms with Crippen LogP contribution in [0.25, 0.3) is 0 Å². The molecule has 3 N–H and O–H groups in total. The van der Waals surface area contributed by atoms with Crippen LogP contribution in [-0.2, 0) is 14.3 Å². The van der Waals surface area contributed by atoms with E-state index in [1.54, 1.807) is 31.2 Å². The number of hydrogen-bond acceptors (Lipinski definition) is 6. The number of para-hydroxylation sites is 1. The zero-order valence-electron chi connectivity index (χ0n) is 15.2. The van der Waals surface area contributed by atoms with Crippen LogP contribution in [0.4, 0.5) is 11.4 Å². The molecule has 2 aromatic carbocycles. The maximum absolute atomic E-state index is 12.1. The predicted octanol–water partition coefficient (Wildman–Crippen LogP) is 2.46. The number of carbonyl (C=O) groups excluding carboxylic acids is 3. The van der Waals surface area contributed by atoms with Gasteiger partial charge in [0.25, 0.3) is 5.91 Å². The van der Waals surface area contributed by atoms with E-state index in [1.165, 1.54) is 26.2 Å². The van der Waals surface area contributed by atoms with E-state index >= 15 is 0 Å². The molecule has 0 saturated carbocycles. The van der Waals surface area contributed by atoms with E-state index in [-0.39, 0.29) is 17.2 Å². The van der Waals surface area contributed by atoms with Crippen LogP contribution in [-0.4, -0.2) is 36.6 Å². The highest BCUT2D eigenvalue weighted by molar-refractivity contribution is 5.98. The Morgan fingerprint density at radius 3 is 2.52 bits per heavy atom. The molecule has 0 unspecified atom stereocenters. The van der Waals surface area contributed by atoms with Crippen LogP contribution in [0.5, 0.6) is 11.5 Å². The van der Waals surface area contributed by atoms with E-state index in [2.05, 4.69) is 10.6 Å². The quantitative estimate of drug-likeness (QED) is 0.671. The molecule has 0 aromatic heterocycles. The Bertz CT molecular complexity index is 878. The maximum atomic E-state index is 12.1. The third kappa shape index (κ3) is 5.21. The van der Waals surface area contributed by atoms with Gasteiger partial charge < -0.3 is 25.2 Å². The average molecular weight is 372 g/mol. The number of methoxy groups -OCH3 is 1. The minimum Gasteiger partial charge on any atom is -0.507 e. The van der Waals surface area contributed by atoms with Crippen molar-refractivity contribution >= 4 is 29.2 Å². The van der Waals surface area contributed by atoms with Gasteiger partial charge in [-0.05, 0) is 36.8 Å². The van der Waals surface area contributed by atoms with E-state index in [4.69, 9.17) is 9.47 Å². The molecule has 0 radical (unpaired) electrons. The number of phenolic OH excluding ortho intramolecular Hbond substituents is 1. The molecule has 0 heterocycles. The van der Waals surface area contributed by atoms with E-state index in [1.807, 2.05) is 0 Å². The molecule has 8 heteroatoms. The van der Waals surface area contributed by atoms with Gasteiger partial charge in [0.05, 0.1) is 12.8 Å². The van der Waals surface area contributed by atoms with Crippen molar-refractivity contribution in [3.8, 4) is 11.5 Å². The summed E-state index contributed by atoms with van der Waals surface area (Å²) >= 11 is 0. The molecule has 142 valence electrons. The van der Waals surface area contributed by atoms with Crippen molar-refractivity contribution in [2.45, 2.75) is 13.8 Å². The summed E-state index contributed by atoms with van der Waals surface area (Å²) in [6.07, 6.45) is 0.